The van der Waals surface area contributed by atoms with Crippen LogP contribution in [0.3, 0.4) is 0 Å². The summed E-state index contributed by atoms with van der Waals surface area (Å²) in [5, 5.41) is 0.218. The number of halogens is 2. The van der Waals surface area contributed by atoms with Gasteiger partial charge in [-0.15, -0.1) is 5.92 Å². The average Bonchev–Trinajstić information content (AvgIpc) is 3.38. The van der Waals surface area contributed by atoms with Crippen LogP contribution in [0.4, 0.5) is 8.78 Å². The molecule has 0 spiro atoms. The highest BCUT2D eigenvalue weighted by atomic mass is 32.2. The monoisotopic (exact) mass is 532 g/mol. The molecule has 3 atom stereocenters. The Morgan fingerprint density at radius 1 is 1.24 bits per heavy atom. The summed E-state index contributed by atoms with van der Waals surface area (Å²) < 4.78 is 40.3. The minimum absolute atomic E-state index is 0.122. The van der Waals surface area contributed by atoms with E-state index in [0.717, 1.165) is 5.56 Å². The van der Waals surface area contributed by atoms with E-state index in [1.165, 1.54) is 36.5 Å². The molecule has 11 heteroatoms. The molecule has 3 aromatic heterocycles. The van der Waals surface area contributed by atoms with Crippen LogP contribution < -0.4 is 10.5 Å². The van der Waals surface area contributed by atoms with Crippen molar-refractivity contribution in [2.45, 2.75) is 36.7 Å². The average molecular weight is 533 g/mol. The number of rotatable bonds is 7. The first-order valence-corrected chi connectivity index (χ1v) is 12.7. The lowest BCUT2D eigenvalue weighted by Crippen LogP contribution is -2.39. The van der Waals surface area contributed by atoms with Gasteiger partial charge in [0.2, 0.25) is 11.8 Å². The number of amidine groups is 1. The standard InChI is InChI=1S/C27H22F2N6O2S/c1-2-6-26-12-21(26)27(15-28,35-25(30)38-26)17-10-16(3-4-18(17)29)11-20-24-19(5-7-31-20)34-22(13-33-24)37-14-23-32-8-9-36-23/h3-5,7-10,13,21H,11-12,14-15H2,1H3,(H2,30,35)/t21-,26+,27-/m1/s1. The fraction of sp³-hybridized carbons (Fsp3) is 0.296. The highest BCUT2D eigenvalue weighted by Crippen LogP contribution is 2.65. The molecule has 0 bridgehead atoms. The number of nitrogens with zero attached hydrogens (tertiary/aromatic N) is 5. The summed E-state index contributed by atoms with van der Waals surface area (Å²) in [4.78, 5) is 22.0. The summed E-state index contributed by atoms with van der Waals surface area (Å²) in [5.74, 6) is 6.01. The number of nitrogens with two attached hydrogens (primary N) is 1. The van der Waals surface area contributed by atoms with Gasteiger partial charge in [-0.1, -0.05) is 23.7 Å². The Morgan fingerprint density at radius 3 is 2.92 bits per heavy atom. The van der Waals surface area contributed by atoms with Gasteiger partial charge in [-0.3, -0.25) is 4.98 Å². The second kappa shape index (κ2) is 9.36. The Hall–Kier alpha value is -4.04. The number of hydrogen-bond donors (Lipinski definition) is 1. The molecule has 0 unspecified atom stereocenters. The van der Waals surface area contributed by atoms with Crippen molar-refractivity contribution in [3.63, 3.8) is 0 Å². The van der Waals surface area contributed by atoms with Gasteiger partial charge in [-0.2, -0.15) is 0 Å². The molecule has 4 aromatic rings. The van der Waals surface area contributed by atoms with Gasteiger partial charge in [-0.25, -0.2) is 28.7 Å². The summed E-state index contributed by atoms with van der Waals surface area (Å²) in [6.45, 7) is 0.981. The van der Waals surface area contributed by atoms with Crippen molar-refractivity contribution in [3.05, 3.63) is 77.6 Å². The predicted molar refractivity (Wildman–Crippen MR) is 139 cm³/mol. The van der Waals surface area contributed by atoms with Crippen molar-refractivity contribution in [2.75, 3.05) is 6.67 Å². The van der Waals surface area contributed by atoms with E-state index in [4.69, 9.17) is 14.9 Å². The van der Waals surface area contributed by atoms with Crippen molar-refractivity contribution < 1.29 is 17.9 Å². The number of alkyl halides is 1. The Kier molecular flexibility index (Phi) is 5.99. The van der Waals surface area contributed by atoms with Gasteiger partial charge >= 0.3 is 0 Å². The predicted octanol–water partition coefficient (Wildman–Crippen LogP) is 4.33. The number of ether oxygens (including phenoxy) is 1. The molecule has 0 amide bonds. The van der Waals surface area contributed by atoms with Crippen LogP contribution in [0.5, 0.6) is 5.88 Å². The summed E-state index contributed by atoms with van der Waals surface area (Å²) in [7, 11) is 0. The van der Waals surface area contributed by atoms with Gasteiger partial charge in [0.15, 0.2) is 11.8 Å². The zero-order valence-corrected chi connectivity index (χ0v) is 21.1. The van der Waals surface area contributed by atoms with Crippen LogP contribution in [0.1, 0.15) is 36.1 Å². The Morgan fingerprint density at radius 2 is 2.13 bits per heavy atom. The van der Waals surface area contributed by atoms with Crippen molar-refractivity contribution in [2.24, 2.45) is 16.6 Å². The van der Waals surface area contributed by atoms with Crippen molar-refractivity contribution in [1.29, 1.82) is 0 Å². The van der Waals surface area contributed by atoms with Crippen LogP contribution in [0, 0.1) is 23.6 Å². The third-order valence-corrected chi connectivity index (χ3v) is 8.05. The minimum atomic E-state index is -1.42. The number of aromatic nitrogens is 4. The largest absolute Gasteiger partial charge is 0.467 e. The lowest BCUT2D eigenvalue weighted by atomic mass is 9.83. The number of oxazole rings is 1. The quantitative estimate of drug-likeness (QED) is 0.350. The maximum Gasteiger partial charge on any atom is 0.233 e. The Labute approximate surface area is 221 Å². The molecule has 0 radical (unpaired) electrons. The lowest BCUT2D eigenvalue weighted by molar-refractivity contribution is 0.253. The van der Waals surface area contributed by atoms with Gasteiger partial charge in [0.05, 0.1) is 28.4 Å². The van der Waals surface area contributed by atoms with Crippen LogP contribution in [0.15, 0.2) is 58.5 Å². The van der Waals surface area contributed by atoms with Crippen LogP contribution in [0.2, 0.25) is 0 Å². The van der Waals surface area contributed by atoms with Gasteiger partial charge in [0.1, 0.15) is 29.8 Å². The molecule has 1 aromatic carbocycles. The van der Waals surface area contributed by atoms with E-state index >= 15 is 4.39 Å². The first-order valence-electron chi connectivity index (χ1n) is 11.9. The first kappa shape index (κ1) is 24.3. The molecule has 2 N–H and O–H groups in total. The molecule has 192 valence electrons. The number of pyridine rings is 1. The molecule has 6 rings (SSSR count). The van der Waals surface area contributed by atoms with Crippen molar-refractivity contribution in [1.82, 2.24) is 19.9 Å². The van der Waals surface area contributed by atoms with Gasteiger partial charge in [-0.05, 0) is 37.1 Å². The fourth-order valence-corrected chi connectivity index (χ4v) is 6.39. The molecule has 1 aliphatic carbocycles. The molecule has 0 saturated heterocycles. The second-order valence-electron chi connectivity index (χ2n) is 9.17. The number of thioether (sulfide) groups is 1. The number of benzene rings is 1. The molecular formula is C27H22F2N6O2S. The van der Waals surface area contributed by atoms with E-state index in [1.54, 1.807) is 31.3 Å². The van der Waals surface area contributed by atoms with Gasteiger partial charge < -0.3 is 14.9 Å². The molecule has 1 saturated carbocycles. The van der Waals surface area contributed by atoms with E-state index in [1.807, 2.05) is 0 Å². The zero-order valence-electron chi connectivity index (χ0n) is 20.3. The minimum Gasteiger partial charge on any atom is -0.467 e. The van der Waals surface area contributed by atoms with E-state index < -0.39 is 22.8 Å². The molecule has 38 heavy (non-hydrogen) atoms. The van der Waals surface area contributed by atoms with E-state index in [-0.39, 0.29) is 23.3 Å². The fourth-order valence-electron chi connectivity index (χ4n) is 5.06. The van der Waals surface area contributed by atoms with E-state index in [2.05, 4.69) is 36.8 Å². The second-order valence-corrected chi connectivity index (χ2v) is 10.5. The summed E-state index contributed by atoms with van der Waals surface area (Å²) in [6.07, 6.45) is 7.06. The Bertz CT molecular complexity index is 1620. The van der Waals surface area contributed by atoms with Crippen LogP contribution in [0.25, 0.3) is 11.0 Å². The van der Waals surface area contributed by atoms with Crippen LogP contribution in [-0.2, 0) is 18.6 Å². The zero-order chi connectivity index (χ0) is 26.3. The third kappa shape index (κ3) is 4.15. The molecule has 8 nitrogen and oxygen atoms in total. The van der Waals surface area contributed by atoms with Gasteiger partial charge in [0, 0.05) is 24.1 Å². The number of aliphatic imine (C=N–C) groups is 1. The molecular weight excluding hydrogens is 510 g/mol. The topological polar surface area (TPSA) is 112 Å². The van der Waals surface area contributed by atoms with Crippen LogP contribution in [-0.4, -0.2) is 36.5 Å². The normalized spacial score (nSPS) is 23.8. The summed E-state index contributed by atoms with van der Waals surface area (Å²) in [5.41, 5.74) is 7.41. The van der Waals surface area contributed by atoms with Crippen LogP contribution >= 0.6 is 11.8 Å². The molecule has 4 heterocycles. The van der Waals surface area contributed by atoms with E-state index in [9.17, 15) is 4.39 Å². The lowest BCUT2D eigenvalue weighted by Gasteiger charge is -2.33. The van der Waals surface area contributed by atoms with Crippen molar-refractivity contribution in [3.8, 4) is 17.7 Å². The van der Waals surface area contributed by atoms with Gasteiger partial charge in [0.25, 0.3) is 0 Å². The SMILES string of the molecule is CC#C[C@]12C[C@H]1[C@@](CF)(c1cc(Cc3nccc4nc(OCc5ncco5)cnc34)ccc1F)N=C(N)S2. The Balaban J connectivity index is 1.31. The van der Waals surface area contributed by atoms with Crippen molar-refractivity contribution >= 4 is 28.0 Å². The summed E-state index contributed by atoms with van der Waals surface area (Å²) in [6, 6.07) is 6.39. The maximum atomic E-state index is 15.2. The number of hydrogen-bond acceptors (Lipinski definition) is 9. The smallest absolute Gasteiger partial charge is 0.233 e. The highest BCUT2D eigenvalue weighted by Gasteiger charge is 2.68. The molecule has 2 aliphatic rings. The third-order valence-electron chi connectivity index (χ3n) is 6.83. The van der Waals surface area contributed by atoms with E-state index in [0.29, 0.717) is 41.3 Å². The number of fused-ring (bicyclic) bond motifs is 2. The summed E-state index contributed by atoms with van der Waals surface area (Å²) >= 11 is 1.34. The maximum absolute atomic E-state index is 15.2. The molecule has 1 fully saturated rings. The highest BCUT2D eigenvalue weighted by molar-refractivity contribution is 8.15. The molecule has 1 aliphatic heterocycles. The first-order chi connectivity index (χ1) is 18.5.